The molecule has 0 aliphatic carbocycles. The number of aliphatic hydroxyl groups is 1. The van der Waals surface area contributed by atoms with Crippen molar-refractivity contribution >= 4 is 39.5 Å². The van der Waals surface area contributed by atoms with Crippen LogP contribution in [-0.2, 0) is 65.4 Å². The summed E-state index contributed by atoms with van der Waals surface area (Å²) < 4.78 is 68.5. The van der Waals surface area contributed by atoms with Gasteiger partial charge in [0.05, 0.1) is 26.4 Å². The second kappa shape index (κ2) is 67.5. The molecule has 0 aromatic heterocycles. The molecule has 0 saturated carbocycles. The summed E-state index contributed by atoms with van der Waals surface area (Å²) in [5, 5.41) is 10.6. The maximum Gasteiger partial charge on any atom is 0.472 e. The molecule has 0 saturated heterocycles. The molecule has 570 valence electrons. The minimum atomic E-state index is -4.96. The van der Waals surface area contributed by atoms with Crippen molar-refractivity contribution in [2.24, 2.45) is 17.8 Å². The molecular weight excluding hydrogens is 1260 g/mol. The van der Waals surface area contributed by atoms with Crippen LogP contribution in [0.1, 0.15) is 395 Å². The summed E-state index contributed by atoms with van der Waals surface area (Å²) in [6.07, 6.45) is 54.1. The number of ether oxygens (including phenoxy) is 4. The van der Waals surface area contributed by atoms with Crippen molar-refractivity contribution in [3.63, 3.8) is 0 Å². The fraction of sp³-hybridized carbons (Fsp3) is 0.948. The molecular formula is C77H150O17P2. The Morgan fingerprint density at radius 2 is 0.479 bits per heavy atom. The van der Waals surface area contributed by atoms with Gasteiger partial charge in [0.25, 0.3) is 0 Å². The fourth-order valence-corrected chi connectivity index (χ4v) is 13.4. The number of phosphoric ester groups is 2. The quantitative estimate of drug-likeness (QED) is 0.0222. The Bertz CT molecular complexity index is 1870. The van der Waals surface area contributed by atoms with E-state index in [0.29, 0.717) is 25.7 Å². The van der Waals surface area contributed by atoms with Crippen LogP contribution in [0.2, 0.25) is 0 Å². The van der Waals surface area contributed by atoms with Crippen molar-refractivity contribution in [1.29, 1.82) is 0 Å². The van der Waals surface area contributed by atoms with Crippen LogP contribution in [0.5, 0.6) is 0 Å². The topological polar surface area (TPSA) is 237 Å². The maximum absolute atomic E-state index is 13.1. The molecule has 0 aromatic carbocycles. The van der Waals surface area contributed by atoms with Gasteiger partial charge < -0.3 is 33.8 Å². The number of aliphatic hydroxyl groups excluding tert-OH is 1. The zero-order chi connectivity index (χ0) is 70.9. The van der Waals surface area contributed by atoms with Crippen LogP contribution in [0.25, 0.3) is 0 Å². The van der Waals surface area contributed by atoms with Crippen LogP contribution >= 0.6 is 15.6 Å². The normalized spacial score (nSPS) is 14.1. The first-order chi connectivity index (χ1) is 46.2. The lowest BCUT2D eigenvalue weighted by Crippen LogP contribution is -2.30. The Morgan fingerprint density at radius 3 is 0.708 bits per heavy atom. The van der Waals surface area contributed by atoms with Crippen molar-refractivity contribution in [2.75, 3.05) is 39.6 Å². The Morgan fingerprint density at radius 1 is 0.281 bits per heavy atom. The molecule has 0 amide bonds. The second-order valence-corrected chi connectivity index (χ2v) is 32.1. The van der Waals surface area contributed by atoms with Crippen LogP contribution in [0, 0.1) is 17.8 Å². The standard InChI is InChI=1S/C77H150O17P2/c1-8-9-10-11-12-37-44-51-58-74(79)87-64-72(93-77(82)61-54-47-40-33-27-21-24-30-36-43-50-57-70(6)7)66-91-95(83,84)89-62-71(78)63-90-96(85,86)92-67-73(65-88-75(80)59-52-45-38-31-25-20-16-18-23-29-35-42-49-56-69(4)5)94-76(81)60-53-46-39-32-26-19-15-13-14-17-22-28-34-41-48-55-68(2)3/h68-73,78H,8-67H2,1-7H3,(H,83,84)(H,85,86)/t71-,72+,73+/m0/s1. The number of esters is 4. The summed E-state index contributed by atoms with van der Waals surface area (Å²) >= 11 is 0. The lowest BCUT2D eigenvalue weighted by molar-refractivity contribution is -0.161. The van der Waals surface area contributed by atoms with E-state index in [1.807, 2.05) is 0 Å². The predicted octanol–water partition coefficient (Wildman–Crippen LogP) is 22.6. The van der Waals surface area contributed by atoms with E-state index in [9.17, 15) is 43.2 Å². The van der Waals surface area contributed by atoms with Crippen LogP contribution in [0.3, 0.4) is 0 Å². The van der Waals surface area contributed by atoms with Crippen LogP contribution < -0.4 is 0 Å². The van der Waals surface area contributed by atoms with E-state index in [4.69, 9.17) is 37.0 Å². The van der Waals surface area contributed by atoms with Crippen LogP contribution in [0.15, 0.2) is 0 Å². The highest BCUT2D eigenvalue weighted by molar-refractivity contribution is 7.47. The molecule has 0 rings (SSSR count). The lowest BCUT2D eigenvalue weighted by atomic mass is 10.0. The van der Waals surface area contributed by atoms with Crippen molar-refractivity contribution in [3.05, 3.63) is 0 Å². The smallest absolute Gasteiger partial charge is 0.462 e. The number of phosphoric acid groups is 2. The molecule has 5 atom stereocenters. The van der Waals surface area contributed by atoms with E-state index in [-0.39, 0.29) is 25.7 Å². The molecule has 17 nitrogen and oxygen atoms in total. The zero-order valence-corrected chi connectivity index (χ0v) is 64.6. The molecule has 96 heavy (non-hydrogen) atoms. The number of hydrogen-bond acceptors (Lipinski definition) is 15. The third-order valence-electron chi connectivity index (χ3n) is 17.9. The average molecular weight is 1410 g/mol. The van der Waals surface area contributed by atoms with Gasteiger partial charge in [-0.25, -0.2) is 9.13 Å². The van der Waals surface area contributed by atoms with Crippen molar-refractivity contribution in [1.82, 2.24) is 0 Å². The SMILES string of the molecule is CCCCCCCCCCC(=O)OC[C@H](COP(=O)(O)OC[C@H](O)COP(=O)(O)OC[C@@H](COC(=O)CCCCCCCCCCCCCCCC(C)C)OC(=O)CCCCCCCCCCCCCCCCCC(C)C)OC(=O)CCCCCCCCCCCCCC(C)C. The van der Waals surface area contributed by atoms with Gasteiger partial charge in [-0.1, -0.05) is 344 Å². The highest BCUT2D eigenvalue weighted by Crippen LogP contribution is 2.45. The highest BCUT2D eigenvalue weighted by Gasteiger charge is 2.30. The van der Waals surface area contributed by atoms with E-state index in [1.54, 1.807) is 0 Å². The molecule has 0 aliphatic heterocycles. The molecule has 0 aliphatic rings. The Labute approximate surface area is 588 Å². The summed E-state index contributed by atoms with van der Waals surface area (Å²) in [6.45, 7) is 11.9. The number of carbonyl (C=O) groups excluding carboxylic acids is 4. The molecule has 3 N–H and O–H groups in total. The predicted molar refractivity (Wildman–Crippen MR) is 391 cm³/mol. The summed E-state index contributed by atoms with van der Waals surface area (Å²) in [4.78, 5) is 72.8. The fourth-order valence-electron chi connectivity index (χ4n) is 11.8. The first-order valence-electron chi connectivity index (χ1n) is 39.8. The van der Waals surface area contributed by atoms with Crippen molar-refractivity contribution < 1.29 is 80.2 Å². The first kappa shape index (κ1) is 94.1. The third-order valence-corrected chi connectivity index (χ3v) is 19.8. The monoisotopic (exact) mass is 1410 g/mol. The molecule has 0 fully saturated rings. The van der Waals surface area contributed by atoms with Gasteiger partial charge in [0, 0.05) is 25.7 Å². The van der Waals surface area contributed by atoms with Gasteiger partial charge in [-0.05, 0) is 43.4 Å². The van der Waals surface area contributed by atoms with Gasteiger partial charge in [-0.15, -0.1) is 0 Å². The third kappa shape index (κ3) is 70.5. The molecule has 0 spiro atoms. The van der Waals surface area contributed by atoms with E-state index < -0.39 is 97.5 Å². The van der Waals surface area contributed by atoms with E-state index in [2.05, 4.69) is 48.5 Å². The molecule has 0 aromatic rings. The summed E-state index contributed by atoms with van der Waals surface area (Å²) in [7, 11) is -9.91. The Kier molecular flexibility index (Phi) is 66.2. The minimum absolute atomic E-state index is 0.106. The summed E-state index contributed by atoms with van der Waals surface area (Å²) in [5.74, 6) is 0.241. The van der Waals surface area contributed by atoms with E-state index in [1.165, 1.54) is 199 Å². The Balaban J connectivity index is 5.22. The van der Waals surface area contributed by atoms with Gasteiger partial charge in [0.2, 0.25) is 0 Å². The average Bonchev–Trinajstić information content (AvgIpc) is 1.63. The van der Waals surface area contributed by atoms with Gasteiger partial charge in [-0.3, -0.25) is 37.3 Å². The molecule has 0 radical (unpaired) electrons. The Hall–Kier alpha value is -1.94. The number of rotatable bonds is 75. The number of carbonyl (C=O) groups is 4. The van der Waals surface area contributed by atoms with Crippen molar-refractivity contribution in [3.8, 4) is 0 Å². The second-order valence-electron chi connectivity index (χ2n) is 29.2. The molecule has 19 heteroatoms. The summed E-state index contributed by atoms with van der Waals surface area (Å²) in [6, 6.07) is 0. The van der Waals surface area contributed by atoms with Crippen LogP contribution in [-0.4, -0.2) is 96.7 Å². The van der Waals surface area contributed by atoms with Crippen molar-refractivity contribution in [2.45, 2.75) is 414 Å². The number of hydrogen-bond donors (Lipinski definition) is 3. The first-order valence-corrected chi connectivity index (χ1v) is 42.8. The van der Waals surface area contributed by atoms with Crippen LogP contribution in [0.4, 0.5) is 0 Å². The largest absolute Gasteiger partial charge is 0.472 e. The molecule has 0 bridgehead atoms. The summed E-state index contributed by atoms with van der Waals surface area (Å²) in [5.41, 5.74) is 0. The maximum atomic E-state index is 13.1. The number of unbranched alkanes of at least 4 members (excludes halogenated alkanes) is 43. The zero-order valence-electron chi connectivity index (χ0n) is 62.8. The van der Waals surface area contributed by atoms with E-state index in [0.717, 1.165) is 114 Å². The highest BCUT2D eigenvalue weighted by atomic mass is 31.2. The van der Waals surface area contributed by atoms with Gasteiger partial charge in [0.15, 0.2) is 12.2 Å². The molecule has 2 unspecified atom stereocenters. The molecule has 0 heterocycles. The minimum Gasteiger partial charge on any atom is -0.462 e. The van der Waals surface area contributed by atoms with Gasteiger partial charge in [0.1, 0.15) is 19.3 Å². The van der Waals surface area contributed by atoms with E-state index >= 15 is 0 Å². The lowest BCUT2D eigenvalue weighted by Gasteiger charge is -2.21. The van der Waals surface area contributed by atoms with Gasteiger partial charge in [-0.2, -0.15) is 0 Å². The van der Waals surface area contributed by atoms with Gasteiger partial charge >= 0.3 is 39.5 Å².